The van der Waals surface area contributed by atoms with Crippen LogP contribution in [-0.2, 0) is 66.5 Å². The predicted molar refractivity (Wildman–Crippen MR) is 478 cm³/mol. The van der Waals surface area contributed by atoms with Crippen LogP contribution in [0.5, 0.6) is 0 Å². The summed E-state index contributed by atoms with van der Waals surface area (Å²) in [5.74, 6) is 0. The molecule has 6 heteroatoms. The van der Waals surface area contributed by atoms with Gasteiger partial charge in [0.2, 0.25) is 0 Å². The van der Waals surface area contributed by atoms with Crippen molar-refractivity contribution in [3.05, 3.63) is 273 Å². The van der Waals surface area contributed by atoms with Crippen molar-refractivity contribution in [2.45, 2.75) is 274 Å². The molecule has 0 saturated heterocycles. The minimum absolute atomic E-state index is 0.000545. The first-order valence-corrected chi connectivity index (χ1v) is 40.8. The number of hydrogen-bond acceptors (Lipinski definition) is 0. The van der Waals surface area contributed by atoms with Crippen molar-refractivity contribution in [3.63, 3.8) is 0 Å². The standard InChI is InChI=1S/C108H124F6/c1-97(2,3)75-53-69(54-76(61-75)98(4,5)6)65-47-66(70-55-77(99(7,8)9)62-78(56-70)100(10,11)12)50-73(49-65)91-93(87-43-33-31-39-83(87)85-41-35-37-45-89(85)105(25,26)27)96(108(112,113)114)92(94(95(91)107(109,110)111)88-44-34-32-40-84(88)86-42-36-38-46-90(86)106(28,29)30)74-51-67(71-57-79(101(13,14)15)63-80(58-71)102(16,17)18)48-68(52-74)72-59-81(103(19,20)21)64-82(60-72)104(22,23)24/h31-64H,1-30H3. The highest BCUT2D eigenvalue weighted by Crippen LogP contribution is 2.61. The summed E-state index contributed by atoms with van der Waals surface area (Å²) < 4.78 is 117. The molecule has 0 fully saturated rings. The van der Waals surface area contributed by atoms with E-state index in [4.69, 9.17) is 0 Å². The molecule has 114 heavy (non-hydrogen) atoms. The zero-order valence-electron chi connectivity index (χ0n) is 73.9. The molecule has 0 aliphatic carbocycles. The van der Waals surface area contributed by atoms with E-state index >= 15 is 26.3 Å². The van der Waals surface area contributed by atoms with E-state index in [-0.39, 0.29) is 22.3 Å². The molecule has 0 atom stereocenters. The smallest absolute Gasteiger partial charge is 0.166 e. The van der Waals surface area contributed by atoms with Crippen LogP contribution in [0.4, 0.5) is 26.3 Å². The second kappa shape index (κ2) is 29.6. The molecule has 0 aliphatic heterocycles. The zero-order valence-corrected chi connectivity index (χ0v) is 73.9. The minimum atomic E-state index is -5.41. The highest BCUT2D eigenvalue weighted by Gasteiger charge is 2.48. The van der Waals surface area contributed by atoms with Crippen LogP contribution in [0.1, 0.15) is 274 Å². The van der Waals surface area contributed by atoms with Crippen LogP contribution < -0.4 is 0 Å². The molecule has 0 amide bonds. The second-order valence-electron chi connectivity index (χ2n) is 42.7. The molecule has 0 aliphatic rings. The fourth-order valence-electron chi connectivity index (χ4n) is 15.9. The van der Waals surface area contributed by atoms with E-state index in [9.17, 15) is 0 Å². The van der Waals surface area contributed by atoms with Gasteiger partial charge in [-0.15, -0.1) is 0 Å². The number of halogens is 6. The van der Waals surface area contributed by atoms with Crippen molar-refractivity contribution in [2.75, 3.05) is 0 Å². The van der Waals surface area contributed by atoms with Crippen LogP contribution in [0.25, 0.3) is 111 Å². The van der Waals surface area contributed by atoms with Gasteiger partial charge in [-0.25, -0.2) is 0 Å². The minimum Gasteiger partial charge on any atom is -0.166 e. The van der Waals surface area contributed by atoms with Crippen LogP contribution in [0.3, 0.4) is 0 Å². The van der Waals surface area contributed by atoms with Gasteiger partial charge in [-0.1, -0.05) is 378 Å². The Morgan fingerprint density at radius 2 is 0.325 bits per heavy atom. The molecule has 0 aromatic heterocycles. The Kier molecular flexibility index (Phi) is 22.3. The highest BCUT2D eigenvalue weighted by atomic mass is 19.4. The third kappa shape index (κ3) is 18.1. The number of rotatable bonds is 10. The lowest BCUT2D eigenvalue weighted by Crippen LogP contribution is -2.19. The number of hydrogen-bond donors (Lipinski definition) is 0. The molecule has 0 unspecified atom stereocenters. The van der Waals surface area contributed by atoms with E-state index in [0.717, 1.165) is 77.9 Å². The third-order valence-corrected chi connectivity index (χ3v) is 22.9. The average Bonchev–Trinajstić information content (AvgIpc) is 0.697. The summed E-state index contributed by atoms with van der Waals surface area (Å²) in [6.07, 6.45) is -10.8. The van der Waals surface area contributed by atoms with Gasteiger partial charge in [0, 0.05) is 22.3 Å². The molecule has 0 heterocycles. The monoisotopic (exact) mass is 1530 g/mol. The Hall–Kier alpha value is -9.00. The van der Waals surface area contributed by atoms with Crippen molar-refractivity contribution < 1.29 is 26.3 Å². The van der Waals surface area contributed by atoms with Crippen molar-refractivity contribution in [1.82, 2.24) is 0 Å². The average molecular weight is 1540 g/mol. The van der Waals surface area contributed by atoms with Gasteiger partial charge < -0.3 is 0 Å². The topological polar surface area (TPSA) is 0 Å². The lowest BCUT2D eigenvalue weighted by Gasteiger charge is -2.32. The van der Waals surface area contributed by atoms with Crippen LogP contribution in [0.2, 0.25) is 0 Å². The van der Waals surface area contributed by atoms with E-state index in [1.807, 2.05) is 48.5 Å². The van der Waals surface area contributed by atoms with E-state index in [0.29, 0.717) is 44.5 Å². The van der Waals surface area contributed by atoms with Crippen molar-refractivity contribution in [3.8, 4) is 111 Å². The molecule has 0 bridgehead atoms. The number of alkyl halides is 6. The summed E-state index contributed by atoms with van der Waals surface area (Å²) in [5, 5.41) is 0. The summed E-state index contributed by atoms with van der Waals surface area (Å²) in [6.45, 7) is 64.0. The summed E-state index contributed by atoms with van der Waals surface area (Å²) in [7, 11) is 0. The van der Waals surface area contributed by atoms with Gasteiger partial charge >= 0.3 is 12.4 Å². The van der Waals surface area contributed by atoms with Gasteiger partial charge in [0.1, 0.15) is 0 Å². The zero-order chi connectivity index (χ0) is 84.5. The molecular formula is C108H124F6. The molecule has 0 spiro atoms. The molecule has 598 valence electrons. The van der Waals surface area contributed by atoms with Crippen molar-refractivity contribution in [2.24, 2.45) is 0 Å². The first-order valence-electron chi connectivity index (χ1n) is 40.8. The van der Waals surface area contributed by atoms with Gasteiger partial charge in [0.15, 0.2) is 0 Å². The van der Waals surface area contributed by atoms with Crippen LogP contribution in [0.15, 0.2) is 206 Å². The fraction of sp³-hybridized carbons (Fsp3) is 0.389. The quantitative estimate of drug-likeness (QED) is 0.120. The SMILES string of the molecule is CC(C)(C)c1cc(-c2cc(-c3cc(C(C)(C)C)cc(C(C)(C)C)c3)cc(-c3c(-c4ccccc4-c4ccccc4C(C)(C)C)c(C(F)(F)F)c(-c4cc(-c5cc(C(C)(C)C)cc(C(C)(C)C)c5)cc(-c5cc(C(C)(C)C)cc(C(C)(C)C)c5)c4)c(-c4ccccc4-c4ccccc4C(C)(C)C)c3C(F)(F)F)c2)cc(C(C)(C)C)c1. The van der Waals surface area contributed by atoms with Crippen LogP contribution in [-0.4, -0.2) is 0 Å². The lowest BCUT2D eigenvalue weighted by atomic mass is 9.72. The maximum absolute atomic E-state index is 19.6. The molecule has 11 aromatic rings. The van der Waals surface area contributed by atoms with Gasteiger partial charge in [-0.05, 0) is 235 Å². The highest BCUT2D eigenvalue weighted by molar-refractivity contribution is 6.08. The molecule has 0 N–H and O–H groups in total. The summed E-state index contributed by atoms with van der Waals surface area (Å²) in [5.41, 5.74) is 7.53. The summed E-state index contributed by atoms with van der Waals surface area (Å²) in [6, 6.07) is 66.2. The molecule has 0 saturated carbocycles. The normalized spacial score (nSPS) is 13.4. The molecule has 11 rings (SSSR count). The molecule has 0 nitrogen and oxygen atoms in total. The van der Waals surface area contributed by atoms with E-state index in [1.165, 1.54) is 0 Å². The Labute approximate surface area is 680 Å². The molecule has 11 aromatic carbocycles. The van der Waals surface area contributed by atoms with Gasteiger partial charge in [-0.3, -0.25) is 0 Å². The van der Waals surface area contributed by atoms with Gasteiger partial charge in [-0.2, -0.15) is 26.3 Å². The number of benzene rings is 11. The van der Waals surface area contributed by atoms with Gasteiger partial charge in [0.25, 0.3) is 0 Å². The predicted octanol–water partition coefficient (Wildman–Crippen LogP) is 33.4. The maximum atomic E-state index is 19.6. The first kappa shape index (κ1) is 85.9. The van der Waals surface area contributed by atoms with Crippen LogP contribution >= 0.6 is 0 Å². The Bertz CT molecular complexity index is 4810. The van der Waals surface area contributed by atoms with Crippen LogP contribution in [0, 0.1) is 0 Å². The second-order valence-corrected chi connectivity index (χ2v) is 42.7. The van der Waals surface area contributed by atoms with Gasteiger partial charge in [0.05, 0.1) is 11.1 Å². The lowest BCUT2D eigenvalue weighted by molar-refractivity contribution is -0.139. The molecular weight excluding hydrogens is 1410 g/mol. The fourth-order valence-corrected chi connectivity index (χ4v) is 15.9. The van der Waals surface area contributed by atoms with E-state index < -0.39 is 99.9 Å². The Balaban J connectivity index is 1.54. The van der Waals surface area contributed by atoms with E-state index in [2.05, 4.69) is 293 Å². The van der Waals surface area contributed by atoms with Crippen molar-refractivity contribution in [1.29, 1.82) is 0 Å². The first-order chi connectivity index (χ1) is 52.1. The van der Waals surface area contributed by atoms with E-state index in [1.54, 1.807) is 72.8 Å². The maximum Gasteiger partial charge on any atom is 0.417 e. The third-order valence-electron chi connectivity index (χ3n) is 22.9. The van der Waals surface area contributed by atoms with Crippen molar-refractivity contribution >= 4 is 0 Å². The Morgan fingerprint density at radius 3 is 0.509 bits per heavy atom. The molecule has 0 radical (unpaired) electrons. The largest absolute Gasteiger partial charge is 0.417 e. The summed E-state index contributed by atoms with van der Waals surface area (Å²) >= 11 is 0. The summed E-state index contributed by atoms with van der Waals surface area (Å²) in [4.78, 5) is 0. The Morgan fingerprint density at radius 1 is 0.158 bits per heavy atom.